The van der Waals surface area contributed by atoms with Gasteiger partial charge < -0.3 is 5.73 Å². The average Bonchev–Trinajstić information content (AvgIpc) is 1.88. The van der Waals surface area contributed by atoms with Gasteiger partial charge in [-0.1, -0.05) is 12.8 Å². The van der Waals surface area contributed by atoms with Gasteiger partial charge in [0.2, 0.25) is 0 Å². The van der Waals surface area contributed by atoms with Gasteiger partial charge in [-0.25, -0.2) is 0 Å². The summed E-state index contributed by atoms with van der Waals surface area (Å²) >= 11 is 0. The van der Waals surface area contributed by atoms with Crippen molar-refractivity contribution in [2.24, 2.45) is 11.7 Å². The van der Waals surface area contributed by atoms with E-state index in [-0.39, 0.29) is 17.7 Å². The highest BCUT2D eigenvalue weighted by Gasteiger charge is 2.24. The molecule has 1 aliphatic carbocycles. The average molecular weight is 141 g/mol. The first-order valence-electron chi connectivity index (χ1n) is 3.98. The monoisotopic (exact) mass is 141 g/mol. The van der Waals surface area contributed by atoms with E-state index in [1.165, 1.54) is 12.8 Å². The van der Waals surface area contributed by atoms with Crippen molar-refractivity contribution in [2.45, 2.75) is 38.6 Å². The van der Waals surface area contributed by atoms with Crippen molar-refractivity contribution >= 4 is 5.78 Å². The fourth-order valence-electron chi connectivity index (χ4n) is 1.66. The molecule has 0 saturated heterocycles. The second-order valence-corrected chi connectivity index (χ2v) is 3.17. The minimum atomic E-state index is 0.145. The first-order chi connectivity index (χ1) is 4.72. The zero-order valence-electron chi connectivity index (χ0n) is 6.47. The molecule has 0 radical (unpaired) electrons. The van der Waals surface area contributed by atoms with Crippen molar-refractivity contribution in [3.63, 3.8) is 0 Å². The molecule has 1 fully saturated rings. The normalized spacial score (nSPS) is 33.8. The van der Waals surface area contributed by atoms with Crippen molar-refractivity contribution in [1.82, 2.24) is 0 Å². The van der Waals surface area contributed by atoms with Gasteiger partial charge in [0.15, 0.2) is 0 Å². The smallest absolute Gasteiger partial charge is 0.134 e. The number of carbonyl (C=O) groups excluding carboxylic acids is 1. The van der Waals surface area contributed by atoms with Crippen LogP contribution in [0.25, 0.3) is 0 Å². The largest absolute Gasteiger partial charge is 0.327 e. The molecule has 2 nitrogen and oxygen atoms in total. The Bertz CT molecular complexity index is 133. The zero-order chi connectivity index (χ0) is 7.56. The Morgan fingerprint density at radius 2 is 2.00 bits per heavy atom. The van der Waals surface area contributed by atoms with Gasteiger partial charge in [-0.15, -0.1) is 0 Å². The van der Waals surface area contributed by atoms with Crippen LogP contribution < -0.4 is 5.73 Å². The van der Waals surface area contributed by atoms with Gasteiger partial charge in [-0.05, 0) is 19.8 Å². The van der Waals surface area contributed by atoms with Gasteiger partial charge in [0.1, 0.15) is 5.78 Å². The Labute approximate surface area is 61.8 Å². The van der Waals surface area contributed by atoms with Crippen LogP contribution in [-0.4, -0.2) is 11.8 Å². The number of Topliss-reactive ketones (excluding diaryl/α,β-unsaturated/α-hetero) is 1. The minimum absolute atomic E-state index is 0.145. The van der Waals surface area contributed by atoms with Crippen LogP contribution in [0.4, 0.5) is 0 Å². The van der Waals surface area contributed by atoms with Crippen LogP contribution in [0.3, 0.4) is 0 Å². The van der Waals surface area contributed by atoms with Crippen LogP contribution in [0, 0.1) is 5.92 Å². The summed E-state index contributed by atoms with van der Waals surface area (Å²) in [5, 5.41) is 0. The molecule has 0 heterocycles. The second-order valence-electron chi connectivity index (χ2n) is 3.17. The fourth-order valence-corrected chi connectivity index (χ4v) is 1.66. The van der Waals surface area contributed by atoms with Gasteiger partial charge in [-0.2, -0.15) is 0 Å². The van der Waals surface area contributed by atoms with Gasteiger partial charge >= 0.3 is 0 Å². The van der Waals surface area contributed by atoms with E-state index in [0.717, 1.165) is 12.8 Å². The molecule has 2 atom stereocenters. The molecule has 58 valence electrons. The molecule has 1 saturated carbocycles. The molecule has 0 bridgehead atoms. The van der Waals surface area contributed by atoms with Crippen molar-refractivity contribution in [1.29, 1.82) is 0 Å². The number of carbonyl (C=O) groups is 1. The topological polar surface area (TPSA) is 43.1 Å². The molecule has 0 aromatic heterocycles. The maximum Gasteiger partial charge on any atom is 0.134 e. The standard InChI is InChI=1S/C8H15NO/c1-6(10)7-4-2-3-5-8(7)9/h7-8H,2-5,9H2,1H3/t7-,8+/m1/s1. The number of ketones is 1. The quantitative estimate of drug-likeness (QED) is 0.594. The van der Waals surface area contributed by atoms with E-state index in [9.17, 15) is 4.79 Å². The van der Waals surface area contributed by atoms with Crippen molar-refractivity contribution in [3.05, 3.63) is 0 Å². The number of nitrogens with two attached hydrogens (primary N) is 1. The lowest BCUT2D eigenvalue weighted by molar-refractivity contribution is -0.122. The predicted molar refractivity (Wildman–Crippen MR) is 40.6 cm³/mol. The van der Waals surface area contributed by atoms with Crippen LogP contribution >= 0.6 is 0 Å². The second kappa shape index (κ2) is 3.15. The van der Waals surface area contributed by atoms with E-state index in [0.29, 0.717) is 0 Å². The maximum atomic E-state index is 10.9. The third-order valence-electron chi connectivity index (χ3n) is 2.34. The van der Waals surface area contributed by atoms with Crippen molar-refractivity contribution < 1.29 is 4.79 Å². The molecule has 10 heavy (non-hydrogen) atoms. The van der Waals surface area contributed by atoms with E-state index in [4.69, 9.17) is 5.73 Å². The molecule has 0 unspecified atom stereocenters. The molecule has 2 N–H and O–H groups in total. The van der Waals surface area contributed by atoms with Crippen LogP contribution in [-0.2, 0) is 4.79 Å². The summed E-state index contributed by atoms with van der Waals surface area (Å²) in [5.41, 5.74) is 5.76. The first kappa shape index (κ1) is 7.73. The highest BCUT2D eigenvalue weighted by Crippen LogP contribution is 2.23. The molecule has 0 aromatic carbocycles. The lowest BCUT2D eigenvalue weighted by Gasteiger charge is -2.25. The summed E-state index contributed by atoms with van der Waals surface area (Å²) in [6, 6.07) is 0.145. The van der Waals surface area contributed by atoms with Crippen molar-refractivity contribution in [3.8, 4) is 0 Å². The van der Waals surface area contributed by atoms with Gasteiger partial charge in [-0.3, -0.25) is 4.79 Å². The molecule has 1 rings (SSSR count). The Balaban J connectivity index is 2.47. The molecule has 2 heteroatoms. The molecule has 0 amide bonds. The Morgan fingerprint density at radius 1 is 1.40 bits per heavy atom. The third-order valence-corrected chi connectivity index (χ3v) is 2.34. The van der Waals surface area contributed by atoms with E-state index >= 15 is 0 Å². The number of hydrogen-bond acceptors (Lipinski definition) is 2. The molecule has 0 spiro atoms. The summed E-state index contributed by atoms with van der Waals surface area (Å²) in [7, 11) is 0. The third kappa shape index (κ3) is 1.57. The van der Waals surface area contributed by atoms with Crippen molar-refractivity contribution in [2.75, 3.05) is 0 Å². The minimum Gasteiger partial charge on any atom is -0.327 e. The molecule has 0 aliphatic heterocycles. The fraction of sp³-hybridized carbons (Fsp3) is 0.875. The van der Waals surface area contributed by atoms with Gasteiger partial charge in [0, 0.05) is 12.0 Å². The summed E-state index contributed by atoms with van der Waals surface area (Å²) < 4.78 is 0. The van der Waals surface area contributed by atoms with E-state index in [2.05, 4.69) is 0 Å². The first-order valence-corrected chi connectivity index (χ1v) is 3.98. The van der Waals surface area contributed by atoms with E-state index in [1.54, 1.807) is 6.92 Å². The summed E-state index contributed by atoms with van der Waals surface area (Å²) in [6.07, 6.45) is 4.42. The Kier molecular flexibility index (Phi) is 2.44. The van der Waals surface area contributed by atoms with Gasteiger partial charge in [0.05, 0.1) is 0 Å². The molecular formula is C8H15NO. The SMILES string of the molecule is CC(=O)[C@H]1CCCC[C@@H]1N. The number of hydrogen-bond donors (Lipinski definition) is 1. The van der Waals surface area contributed by atoms with Crippen LogP contribution in [0.2, 0.25) is 0 Å². The Hall–Kier alpha value is -0.370. The number of rotatable bonds is 1. The van der Waals surface area contributed by atoms with E-state index in [1.807, 2.05) is 0 Å². The lowest BCUT2D eigenvalue weighted by atomic mass is 9.83. The summed E-state index contributed by atoms with van der Waals surface area (Å²) in [5.74, 6) is 0.431. The maximum absolute atomic E-state index is 10.9. The summed E-state index contributed by atoms with van der Waals surface area (Å²) in [4.78, 5) is 10.9. The molecular weight excluding hydrogens is 126 g/mol. The molecule has 1 aliphatic rings. The predicted octanol–water partition coefficient (Wildman–Crippen LogP) is 1.09. The van der Waals surface area contributed by atoms with Crippen LogP contribution in [0.5, 0.6) is 0 Å². The highest BCUT2D eigenvalue weighted by atomic mass is 16.1. The lowest BCUT2D eigenvalue weighted by Crippen LogP contribution is -2.36. The van der Waals surface area contributed by atoms with Gasteiger partial charge in [0.25, 0.3) is 0 Å². The van der Waals surface area contributed by atoms with Crippen LogP contribution in [0.15, 0.2) is 0 Å². The van der Waals surface area contributed by atoms with Crippen LogP contribution in [0.1, 0.15) is 32.6 Å². The highest BCUT2D eigenvalue weighted by molar-refractivity contribution is 5.79. The zero-order valence-corrected chi connectivity index (χ0v) is 6.47. The summed E-state index contributed by atoms with van der Waals surface area (Å²) in [6.45, 7) is 1.65. The Morgan fingerprint density at radius 3 is 2.40 bits per heavy atom. The molecule has 0 aromatic rings. The van der Waals surface area contributed by atoms with E-state index < -0.39 is 0 Å².